The topological polar surface area (TPSA) is 55.1 Å². The number of aryl methyl sites for hydroxylation is 2. The first-order valence-corrected chi connectivity index (χ1v) is 9.58. The van der Waals surface area contributed by atoms with E-state index >= 15 is 0 Å². The Kier molecular flexibility index (Phi) is 5.19. The molecule has 4 nitrogen and oxygen atoms in total. The molecule has 0 saturated carbocycles. The van der Waals surface area contributed by atoms with Crippen LogP contribution in [0.3, 0.4) is 0 Å². The monoisotopic (exact) mass is 402 g/mol. The molecule has 0 spiro atoms. The maximum Gasteiger partial charge on any atom is 0.248 e. The molecule has 0 aliphatic rings. The molecular weight excluding hydrogens is 384 g/mol. The number of halogens is 1. The van der Waals surface area contributed by atoms with Gasteiger partial charge >= 0.3 is 0 Å². The summed E-state index contributed by atoms with van der Waals surface area (Å²) in [5, 5.41) is 3.51. The number of hydrogen-bond donors (Lipinski definition) is 1. The van der Waals surface area contributed by atoms with Gasteiger partial charge in [-0.25, -0.2) is 4.98 Å². The first kappa shape index (κ1) is 19.0. The predicted molar refractivity (Wildman–Crippen MR) is 118 cm³/mol. The maximum atomic E-state index is 12.2. The van der Waals surface area contributed by atoms with Gasteiger partial charge in [0.15, 0.2) is 5.58 Å². The molecule has 0 aliphatic heterocycles. The van der Waals surface area contributed by atoms with Gasteiger partial charge in [0.2, 0.25) is 11.8 Å². The van der Waals surface area contributed by atoms with Crippen molar-refractivity contribution < 1.29 is 9.21 Å². The lowest BCUT2D eigenvalue weighted by molar-refractivity contribution is -0.111. The maximum absolute atomic E-state index is 12.2. The van der Waals surface area contributed by atoms with Gasteiger partial charge in [-0.2, -0.15) is 0 Å². The van der Waals surface area contributed by atoms with Gasteiger partial charge in [0.1, 0.15) is 5.52 Å². The van der Waals surface area contributed by atoms with Gasteiger partial charge < -0.3 is 9.73 Å². The molecule has 3 aromatic carbocycles. The summed E-state index contributed by atoms with van der Waals surface area (Å²) in [4.78, 5) is 16.8. The number of nitrogens with zero attached hydrogens (tertiary/aromatic N) is 1. The number of nitrogens with one attached hydrogen (secondary N) is 1. The van der Waals surface area contributed by atoms with Crippen molar-refractivity contribution in [3.63, 3.8) is 0 Å². The van der Waals surface area contributed by atoms with Gasteiger partial charge in [-0.15, -0.1) is 0 Å². The fourth-order valence-electron chi connectivity index (χ4n) is 2.93. The smallest absolute Gasteiger partial charge is 0.248 e. The van der Waals surface area contributed by atoms with Crippen LogP contribution in [-0.4, -0.2) is 10.9 Å². The van der Waals surface area contributed by atoms with E-state index in [0.717, 1.165) is 11.1 Å². The molecule has 1 aromatic heterocycles. The van der Waals surface area contributed by atoms with Crippen LogP contribution in [0.25, 0.3) is 28.6 Å². The molecule has 1 N–H and O–H groups in total. The third kappa shape index (κ3) is 4.39. The van der Waals surface area contributed by atoms with E-state index in [1.54, 1.807) is 30.3 Å². The molecule has 0 fully saturated rings. The number of fused-ring (bicyclic) bond motifs is 1. The van der Waals surface area contributed by atoms with E-state index in [1.165, 1.54) is 17.2 Å². The van der Waals surface area contributed by atoms with Crippen molar-refractivity contribution in [2.75, 3.05) is 5.32 Å². The Balaban J connectivity index is 1.52. The van der Waals surface area contributed by atoms with E-state index in [4.69, 9.17) is 16.0 Å². The molecule has 1 amide bonds. The normalized spacial score (nSPS) is 11.3. The second-order valence-corrected chi connectivity index (χ2v) is 7.31. The standard InChI is InChI=1S/C24H19ClN2O2/c1-15-3-7-18(13-16(15)2)24-27-21-14-20(10-11-22(21)29-24)26-23(28)12-6-17-4-8-19(25)9-5-17/h3-14H,1-2H3,(H,26,28)/b12-6+. The number of amides is 1. The van der Waals surface area contributed by atoms with Crippen LogP contribution in [0.15, 0.2) is 71.2 Å². The average Bonchev–Trinajstić information content (AvgIpc) is 3.13. The number of carbonyl (C=O) groups excluding carboxylic acids is 1. The Labute approximate surface area is 173 Å². The number of anilines is 1. The fourth-order valence-corrected chi connectivity index (χ4v) is 3.06. The Morgan fingerprint density at radius 2 is 1.79 bits per heavy atom. The fraction of sp³-hybridized carbons (Fsp3) is 0.0833. The quantitative estimate of drug-likeness (QED) is 0.401. The first-order valence-electron chi connectivity index (χ1n) is 9.21. The lowest BCUT2D eigenvalue weighted by Crippen LogP contribution is -2.07. The number of hydrogen-bond acceptors (Lipinski definition) is 3. The van der Waals surface area contributed by atoms with Gasteiger partial charge in [0, 0.05) is 22.3 Å². The SMILES string of the molecule is Cc1ccc(-c2nc3cc(NC(=O)/C=C/c4ccc(Cl)cc4)ccc3o2)cc1C. The lowest BCUT2D eigenvalue weighted by Gasteiger charge is -2.01. The largest absolute Gasteiger partial charge is 0.436 e. The molecule has 1 heterocycles. The third-order valence-electron chi connectivity index (χ3n) is 4.71. The van der Waals surface area contributed by atoms with Crippen molar-refractivity contribution in [1.29, 1.82) is 0 Å². The van der Waals surface area contributed by atoms with E-state index in [2.05, 4.69) is 36.3 Å². The lowest BCUT2D eigenvalue weighted by atomic mass is 10.1. The Hall–Kier alpha value is -3.37. The number of carbonyl (C=O) groups is 1. The van der Waals surface area contributed by atoms with E-state index in [0.29, 0.717) is 27.7 Å². The van der Waals surface area contributed by atoms with Gasteiger partial charge in [0.25, 0.3) is 0 Å². The highest BCUT2D eigenvalue weighted by Crippen LogP contribution is 2.27. The van der Waals surface area contributed by atoms with E-state index in [-0.39, 0.29) is 5.91 Å². The van der Waals surface area contributed by atoms with Crippen molar-refractivity contribution in [2.24, 2.45) is 0 Å². The van der Waals surface area contributed by atoms with E-state index in [1.807, 2.05) is 24.3 Å². The summed E-state index contributed by atoms with van der Waals surface area (Å²) in [6.45, 7) is 4.13. The molecule has 0 aliphatic carbocycles. The molecule has 4 rings (SSSR count). The molecule has 0 bridgehead atoms. The average molecular weight is 403 g/mol. The van der Waals surface area contributed by atoms with Crippen LogP contribution >= 0.6 is 11.6 Å². The molecular formula is C24H19ClN2O2. The molecule has 29 heavy (non-hydrogen) atoms. The van der Waals surface area contributed by atoms with E-state index in [9.17, 15) is 4.79 Å². The van der Waals surface area contributed by atoms with Crippen LogP contribution in [0.1, 0.15) is 16.7 Å². The minimum absolute atomic E-state index is 0.225. The van der Waals surface area contributed by atoms with Crippen molar-refractivity contribution in [2.45, 2.75) is 13.8 Å². The molecule has 4 aromatic rings. The van der Waals surface area contributed by atoms with Gasteiger partial charge in [-0.3, -0.25) is 4.79 Å². The molecule has 0 saturated heterocycles. The Morgan fingerprint density at radius 1 is 1.00 bits per heavy atom. The summed E-state index contributed by atoms with van der Waals surface area (Å²) in [6, 6.07) is 18.8. The van der Waals surface area contributed by atoms with Gasteiger partial charge in [-0.05, 0) is 79.1 Å². The molecule has 0 radical (unpaired) electrons. The van der Waals surface area contributed by atoms with Crippen molar-refractivity contribution in [3.05, 3.63) is 88.5 Å². The summed E-state index contributed by atoms with van der Waals surface area (Å²) < 4.78 is 5.88. The molecule has 0 atom stereocenters. The third-order valence-corrected chi connectivity index (χ3v) is 4.96. The zero-order valence-electron chi connectivity index (χ0n) is 16.1. The van der Waals surface area contributed by atoms with Crippen LogP contribution in [0, 0.1) is 13.8 Å². The molecule has 0 unspecified atom stereocenters. The number of rotatable bonds is 4. The van der Waals surface area contributed by atoms with Gasteiger partial charge in [0.05, 0.1) is 0 Å². The highest BCUT2D eigenvalue weighted by molar-refractivity contribution is 6.30. The first-order chi connectivity index (χ1) is 14.0. The Bertz CT molecular complexity index is 1220. The van der Waals surface area contributed by atoms with Crippen LogP contribution in [0.2, 0.25) is 5.02 Å². The predicted octanol–water partition coefficient (Wildman–Crippen LogP) is 6.42. The van der Waals surface area contributed by atoms with Crippen LogP contribution < -0.4 is 5.32 Å². The summed E-state index contributed by atoms with van der Waals surface area (Å²) in [6.07, 6.45) is 3.22. The van der Waals surface area contributed by atoms with Gasteiger partial charge in [-0.1, -0.05) is 29.8 Å². The number of oxazole rings is 1. The highest BCUT2D eigenvalue weighted by atomic mass is 35.5. The van der Waals surface area contributed by atoms with Crippen LogP contribution in [0.5, 0.6) is 0 Å². The van der Waals surface area contributed by atoms with Crippen LogP contribution in [-0.2, 0) is 4.79 Å². The summed E-state index contributed by atoms with van der Waals surface area (Å²) in [7, 11) is 0. The summed E-state index contributed by atoms with van der Waals surface area (Å²) in [5.74, 6) is 0.339. The Morgan fingerprint density at radius 3 is 2.55 bits per heavy atom. The van der Waals surface area contributed by atoms with Crippen LogP contribution in [0.4, 0.5) is 5.69 Å². The summed E-state index contributed by atoms with van der Waals surface area (Å²) >= 11 is 5.87. The summed E-state index contributed by atoms with van der Waals surface area (Å²) in [5.41, 5.74) is 6.26. The van der Waals surface area contributed by atoms with E-state index < -0.39 is 0 Å². The minimum Gasteiger partial charge on any atom is -0.436 e. The van der Waals surface area contributed by atoms with Crippen molar-refractivity contribution >= 4 is 40.4 Å². The van der Waals surface area contributed by atoms with Crippen molar-refractivity contribution in [3.8, 4) is 11.5 Å². The number of aromatic nitrogens is 1. The number of benzene rings is 3. The minimum atomic E-state index is -0.225. The van der Waals surface area contributed by atoms with Crippen molar-refractivity contribution in [1.82, 2.24) is 4.98 Å². The second-order valence-electron chi connectivity index (χ2n) is 6.87. The zero-order valence-corrected chi connectivity index (χ0v) is 16.8. The zero-order chi connectivity index (χ0) is 20.4. The highest BCUT2D eigenvalue weighted by Gasteiger charge is 2.10. The molecule has 144 valence electrons. The second kappa shape index (κ2) is 7.94. The molecule has 5 heteroatoms.